The molecule has 0 aliphatic rings. The highest BCUT2D eigenvalue weighted by molar-refractivity contribution is 7.15. The Labute approximate surface area is 146 Å². The number of fused-ring (bicyclic) bond motifs is 1. The molecular formula is C14H10F3N5O3S. The number of halogens is 3. The van der Waals surface area contributed by atoms with E-state index in [1.54, 1.807) is 6.92 Å². The minimum Gasteiger partial charge on any atom is -0.316 e. The smallest absolute Gasteiger partial charge is 0.316 e. The Kier molecular flexibility index (Phi) is 4.36. The molecule has 2 heterocycles. The van der Waals surface area contributed by atoms with E-state index in [2.05, 4.69) is 20.5 Å². The van der Waals surface area contributed by atoms with Crippen LogP contribution >= 0.6 is 11.3 Å². The van der Waals surface area contributed by atoms with Crippen molar-refractivity contribution in [2.45, 2.75) is 19.6 Å². The van der Waals surface area contributed by atoms with Crippen LogP contribution in [0.2, 0.25) is 0 Å². The average molecular weight is 385 g/mol. The van der Waals surface area contributed by atoms with Crippen molar-refractivity contribution in [3.8, 4) is 0 Å². The number of anilines is 1. The highest BCUT2D eigenvalue weighted by atomic mass is 32.1. The van der Waals surface area contributed by atoms with Crippen molar-refractivity contribution in [2.24, 2.45) is 0 Å². The lowest BCUT2D eigenvalue weighted by Crippen LogP contribution is -2.36. The average Bonchev–Trinajstić information content (AvgIpc) is 3.04. The number of hydrogen-bond acceptors (Lipinski definition) is 6. The zero-order valence-electron chi connectivity index (χ0n) is 13.0. The van der Waals surface area contributed by atoms with Crippen LogP contribution in [0, 0.1) is 0 Å². The molecule has 2 N–H and O–H groups in total. The first-order valence-electron chi connectivity index (χ1n) is 7.19. The number of aryl methyl sites for hydroxylation is 1. The number of carbonyl (C=O) groups excluding carboxylic acids is 1. The molecule has 12 heteroatoms. The zero-order chi connectivity index (χ0) is 19.1. The van der Waals surface area contributed by atoms with Gasteiger partial charge in [0.15, 0.2) is 0 Å². The fourth-order valence-corrected chi connectivity index (χ4v) is 2.90. The van der Waals surface area contributed by atoms with Gasteiger partial charge in [0, 0.05) is 12.1 Å². The van der Waals surface area contributed by atoms with Crippen LogP contribution in [0.15, 0.2) is 27.8 Å². The summed E-state index contributed by atoms with van der Waals surface area (Å²) in [6, 6.07) is 4.17. The summed E-state index contributed by atoms with van der Waals surface area (Å²) >= 11 is 0.194. The fraction of sp³-hybridized carbons (Fsp3) is 0.214. The number of hydrogen-bond donors (Lipinski definition) is 2. The molecule has 0 aliphatic carbocycles. The third-order valence-corrected chi connectivity index (χ3v) is 4.32. The molecule has 8 nitrogen and oxygen atoms in total. The van der Waals surface area contributed by atoms with Crippen molar-refractivity contribution in [1.29, 1.82) is 0 Å². The molecule has 0 bridgehead atoms. The van der Waals surface area contributed by atoms with Crippen molar-refractivity contribution >= 4 is 33.4 Å². The van der Waals surface area contributed by atoms with Gasteiger partial charge in [-0.15, -0.1) is 10.2 Å². The zero-order valence-corrected chi connectivity index (χ0v) is 13.9. The fourth-order valence-electron chi connectivity index (χ4n) is 2.29. The maximum atomic E-state index is 12.5. The standard InChI is InChI=1S/C14H10F3N5O3S/c1-2-22-8-4-3-6(5-7(8)18-10(24)11(22)25)9(23)19-13-21-20-12(26-13)14(15,16)17/h3-5H,2H2,1H3,(H,18,24)(H,19,21,23). The second kappa shape index (κ2) is 6.37. The Morgan fingerprint density at radius 1 is 1.31 bits per heavy atom. The van der Waals surface area contributed by atoms with Gasteiger partial charge in [0.25, 0.3) is 5.91 Å². The van der Waals surface area contributed by atoms with Gasteiger partial charge < -0.3 is 9.55 Å². The molecule has 1 amide bonds. The number of H-pyrrole nitrogens is 1. The van der Waals surface area contributed by atoms with E-state index in [1.807, 2.05) is 0 Å². The van der Waals surface area contributed by atoms with Crippen molar-refractivity contribution in [1.82, 2.24) is 19.7 Å². The van der Waals surface area contributed by atoms with E-state index in [0.717, 1.165) is 0 Å². The molecular weight excluding hydrogens is 375 g/mol. The van der Waals surface area contributed by atoms with E-state index in [9.17, 15) is 27.6 Å². The summed E-state index contributed by atoms with van der Waals surface area (Å²) in [4.78, 5) is 38.0. The van der Waals surface area contributed by atoms with Crippen LogP contribution in [0.4, 0.5) is 18.3 Å². The van der Waals surface area contributed by atoms with Gasteiger partial charge in [-0.1, -0.05) is 11.3 Å². The minimum absolute atomic E-state index is 0.0678. The largest absolute Gasteiger partial charge is 0.445 e. The van der Waals surface area contributed by atoms with Gasteiger partial charge in [0.1, 0.15) is 0 Å². The van der Waals surface area contributed by atoms with Crippen LogP contribution < -0.4 is 16.4 Å². The van der Waals surface area contributed by atoms with Crippen LogP contribution in [0.5, 0.6) is 0 Å². The summed E-state index contributed by atoms with van der Waals surface area (Å²) < 4.78 is 38.8. The molecule has 0 radical (unpaired) electrons. The Morgan fingerprint density at radius 3 is 2.65 bits per heavy atom. The van der Waals surface area contributed by atoms with Gasteiger partial charge in [0.2, 0.25) is 10.1 Å². The van der Waals surface area contributed by atoms with Crippen molar-refractivity contribution < 1.29 is 18.0 Å². The first-order valence-corrected chi connectivity index (χ1v) is 8.01. The molecule has 0 saturated carbocycles. The van der Waals surface area contributed by atoms with E-state index < -0.39 is 28.2 Å². The van der Waals surface area contributed by atoms with Crippen molar-refractivity contribution in [3.63, 3.8) is 0 Å². The third-order valence-electron chi connectivity index (χ3n) is 3.44. The van der Waals surface area contributed by atoms with E-state index in [1.165, 1.54) is 22.8 Å². The lowest BCUT2D eigenvalue weighted by molar-refractivity contribution is -0.138. The number of carbonyl (C=O) groups is 1. The molecule has 0 fully saturated rings. The lowest BCUT2D eigenvalue weighted by atomic mass is 10.2. The lowest BCUT2D eigenvalue weighted by Gasteiger charge is -2.08. The molecule has 0 spiro atoms. The number of amides is 1. The number of aromatic amines is 1. The predicted molar refractivity (Wildman–Crippen MR) is 87.4 cm³/mol. The molecule has 3 rings (SSSR count). The number of benzene rings is 1. The van der Waals surface area contributed by atoms with Gasteiger partial charge in [-0.05, 0) is 25.1 Å². The van der Waals surface area contributed by atoms with Crippen molar-refractivity contribution in [2.75, 3.05) is 5.32 Å². The van der Waals surface area contributed by atoms with Gasteiger partial charge >= 0.3 is 17.3 Å². The summed E-state index contributed by atoms with van der Waals surface area (Å²) in [5, 5.41) is 6.97. The Morgan fingerprint density at radius 2 is 2.04 bits per heavy atom. The summed E-state index contributed by atoms with van der Waals surface area (Å²) in [6.07, 6.45) is -4.65. The molecule has 136 valence electrons. The maximum Gasteiger partial charge on any atom is 0.445 e. The number of alkyl halides is 3. The Bertz CT molecular complexity index is 1120. The molecule has 0 aliphatic heterocycles. The van der Waals surface area contributed by atoms with Crippen molar-refractivity contribution in [3.05, 3.63) is 49.5 Å². The summed E-state index contributed by atoms with van der Waals surface area (Å²) in [6.45, 7) is 1.95. The minimum atomic E-state index is -4.65. The van der Waals surface area contributed by atoms with E-state index in [4.69, 9.17) is 0 Å². The summed E-state index contributed by atoms with van der Waals surface area (Å²) in [7, 11) is 0. The quantitative estimate of drug-likeness (QED) is 0.669. The third kappa shape index (κ3) is 3.22. The molecule has 3 aromatic rings. The Hall–Kier alpha value is -3.02. The van der Waals surface area contributed by atoms with Gasteiger partial charge in [-0.2, -0.15) is 13.2 Å². The van der Waals surface area contributed by atoms with Crippen LogP contribution in [-0.2, 0) is 12.7 Å². The second-order valence-corrected chi connectivity index (χ2v) is 6.08. The van der Waals surface area contributed by atoms with E-state index in [0.29, 0.717) is 5.52 Å². The maximum absolute atomic E-state index is 12.5. The normalized spacial score (nSPS) is 11.7. The SMILES string of the molecule is CCn1c(=O)c(=O)[nH]c2cc(C(=O)Nc3nnc(C(F)(F)F)s3)ccc21. The second-order valence-electron chi connectivity index (χ2n) is 5.10. The summed E-state index contributed by atoms with van der Waals surface area (Å²) in [5.74, 6) is -0.730. The molecule has 0 saturated heterocycles. The topological polar surface area (TPSA) is 110 Å². The van der Waals surface area contributed by atoms with E-state index in [-0.39, 0.29) is 34.1 Å². The van der Waals surface area contributed by atoms with Gasteiger partial charge in [-0.3, -0.25) is 19.7 Å². The highest BCUT2D eigenvalue weighted by Crippen LogP contribution is 2.33. The van der Waals surface area contributed by atoms with Crippen LogP contribution in [-0.4, -0.2) is 25.7 Å². The molecule has 1 aromatic carbocycles. The van der Waals surface area contributed by atoms with E-state index >= 15 is 0 Å². The van der Waals surface area contributed by atoms with Gasteiger partial charge in [-0.25, -0.2) is 0 Å². The summed E-state index contributed by atoms with van der Waals surface area (Å²) in [5.41, 5.74) is -0.818. The predicted octanol–water partition coefficient (Wildman–Crippen LogP) is 1.83. The highest BCUT2D eigenvalue weighted by Gasteiger charge is 2.35. The molecule has 26 heavy (non-hydrogen) atoms. The van der Waals surface area contributed by atoms with Crippen LogP contribution in [0.1, 0.15) is 22.3 Å². The number of nitrogens with zero attached hydrogens (tertiary/aromatic N) is 3. The first kappa shape index (κ1) is 17.8. The monoisotopic (exact) mass is 385 g/mol. The molecule has 0 atom stereocenters. The Balaban J connectivity index is 1.94. The van der Waals surface area contributed by atoms with Crippen LogP contribution in [0.25, 0.3) is 11.0 Å². The first-order chi connectivity index (χ1) is 12.2. The number of nitrogens with one attached hydrogen (secondary N) is 2. The van der Waals surface area contributed by atoms with Crippen LogP contribution in [0.3, 0.4) is 0 Å². The molecule has 2 aromatic heterocycles. The van der Waals surface area contributed by atoms with Gasteiger partial charge in [0.05, 0.1) is 11.0 Å². The molecule has 0 unspecified atom stereocenters. The number of rotatable bonds is 3. The number of aromatic nitrogens is 4.